The van der Waals surface area contributed by atoms with Crippen LogP contribution in [0.2, 0.25) is 0 Å². The maximum atomic E-state index is 13.1. The second-order valence-corrected chi connectivity index (χ2v) is 9.76. The Bertz CT molecular complexity index is 1170. The lowest BCUT2D eigenvalue weighted by atomic mass is 10.1. The van der Waals surface area contributed by atoms with Crippen LogP contribution in [0.5, 0.6) is 0 Å². The molecule has 1 amide bonds. The Kier molecular flexibility index (Phi) is 5.97. The van der Waals surface area contributed by atoms with E-state index >= 15 is 0 Å². The molecule has 9 heteroatoms. The molecule has 0 fully saturated rings. The van der Waals surface area contributed by atoms with E-state index in [9.17, 15) is 4.79 Å². The van der Waals surface area contributed by atoms with Gasteiger partial charge in [0.05, 0.1) is 28.8 Å². The van der Waals surface area contributed by atoms with Crippen molar-refractivity contribution in [1.29, 1.82) is 0 Å². The molecule has 0 bridgehead atoms. The number of hydrogen-bond donors (Lipinski definition) is 0. The number of rotatable bonds is 7. The number of thiophene rings is 2. The normalized spacial score (nSPS) is 15.9. The highest BCUT2D eigenvalue weighted by Crippen LogP contribution is 2.36. The van der Waals surface area contributed by atoms with Crippen LogP contribution in [-0.2, 0) is 11.2 Å². The van der Waals surface area contributed by atoms with Crippen LogP contribution in [0.25, 0.3) is 0 Å². The minimum atomic E-state index is -0.0715. The number of hydrogen-bond acceptors (Lipinski definition) is 8. The van der Waals surface area contributed by atoms with Gasteiger partial charge in [-0.3, -0.25) is 4.79 Å². The average molecular weight is 467 g/mol. The molecule has 1 aromatic carbocycles. The first-order valence-corrected chi connectivity index (χ1v) is 12.5. The Morgan fingerprint density at radius 1 is 1.06 bits per heavy atom. The molecule has 156 valence electrons. The van der Waals surface area contributed by atoms with Crippen molar-refractivity contribution in [2.24, 2.45) is 5.10 Å². The summed E-state index contributed by atoms with van der Waals surface area (Å²) in [6.45, 7) is 0. The maximum Gasteiger partial charge on any atom is 0.277 e. The first-order valence-electron chi connectivity index (χ1n) is 9.72. The quantitative estimate of drug-likeness (QED) is 0.348. The number of aromatic nitrogens is 2. The summed E-state index contributed by atoms with van der Waals surface area (Å²) in [6, 6.07) is 18.0. The predicted molar refractivity (Wildman–Crippen MR) is 124 cm³/mol. The molecule has 1 aliphatic heterocycles. The second-order valence-electron chi connectivity index (χ2n) is 6.91. The molecule has 6 nitrogen and oxygen atoms in total. The van der Waals surface area contributed by atoms with Crippen LogP contribution in [0.4, 0.5) is 0 Å². The van der Waals surface area contributed by atoms with Gasteiger partial charge in [-0.05, 0) is 28.5 Å². The van der Waals surface area contributed by atoms with Gasteiger partial charge in [-0.2, -0.15) is 5.10 Å². The van der Waals surface area contributed by atoms with E-state index in [4.69, 9.17) is 4.42 Å². The average Bonchev–Trinajstić information content (AvgIpc) is 3.59. The van der Waals surface area contributed by atoms with Gasteiger partial charge in [0.25, 0.3) is 11.1 Å². The zero-order valence-electron chi connectivity index (χ0n) is 16.4. The van der Waals surface area contributed by atoms with E-state index in [2.05, 4.69) is 21.4 Å². The Morgan fingerprint density at radius 3 is 2.68 bits per heavy atom. The van der Waals surface area contributed by atoms with Gasteiger partial charge in [0, 0.05) is 11.3 Å². The third kappa shape index (κ3) is 4.63. The molecule has 1 atom stereocenters. The lowest BCUT2D eigenvalue weighted by Crippen LogP contribution is -2.28. The van der Waals surface area contributed by atoms with E-state index in [0.717, 1.165) is 27.5 Å². The van der Waals surface area contributed by atoms with Gasteiger partial charge in [-0.1, -0.05) is 54.2 Å². The fourth-order valence-electron chi connectivity index (χ4n) is 3.36. The lowest BCUT2D eigenvalue weighted by Gasteiger charge is -2.20. The summed E-state index contributed by atoms with van der Waals surface area (Å²) >= 11 is 4.54. The monoisotopic (exact) mass is 466 g/mol. The zero-order valence-corrected chi connectivity index (χ0v) is 18.8. The smallest absolute Gasteiger partial charge is 0.277 e. The van der Waals surface area contributed by atoms with Crippen molar-refractivity contribution in [3.8, 4) is 0 Å². The van der Waals surface area contributed by atoms with Crippen molar-refractivity contribution in [3.63, 3.8) is 0 Å². The molecular formula is C22H18N4O2S3. The summed E-state index contributed by atoms with van der Waals surface area (Å²) in [4.78, 5) is 15.3. The van der Waals surface area contributed by atoms with Gasteiger partial charge < -0.3 is 4.42 Å². The third-order valence-electron chi connectivity index (χ3n) is 4.81. The van der Waals surface area contributed by atoms with Gasteiger partial charge in [0.1, 0.15) is 0 Å². The predicted octanol–water partition coefficient (Wildman–Crippen LogP) is 5.25. The van der Waals surface area contributed by atoms with Crippen LogP contribution in [-0.4, -0.2) is 32.6 Å². The molecule has 0 spiro atoms. The van der Waals surface area contributed by atoms with Crippen molar-refractivity contribution in [2.75, 3.05) is 5.75 Å². The van der Waals surface area contributed by atoms with E-state index in [-0.39, 0.29) is 17.7 Å². The molecule has 0 saturated heterocycles. The van der Waals surface area contributed by atoms with E-state index in [1.54, 1.807) is 27.7 Å². The molecule has 31 heavy (non-hydrogen) atoms. The summed E-state index contributed by atoms with van der Waals surface area (Å²) in [7, 11) is 0. The van der Waals surface area contributed by atoms with Crippen molar-refractivity contribution in [3.05, 3.63) is 86.6 Å². The number of thioether (sulfide) groups is 1. The maximum absolute atomic E-state index is 13.1. The SMILES string of the molecule is O=C(CSc1nnc(Cc2ccccc2)o1)N1N=C(c2cccs2)C[C@H]1c1cccs1. The summed E-state index contributed by atoms with van der Waals surface area (Å²) in [5, 5.41) is 18.9. The fourth-order valence-corrected chi connectivity index (χ4v) is 5.53. The third-order valence-corrected chi connectivity index (χ3v) is 7.50. The molecule has 4 heterocycles. The molecule has 0 N–H and O–H groups in total. The highest BCUT2D eigenvalue weighted by molar-refractivity contribution is 7.99. The zero-order chi connectivity index (χ0) is 21.0. The second kappa shape index (κ2) is 9.17. The largest absolute Gasteiger partial charge is 0.416 e. The van der Waals surface area contributed by atoms with Crippen molar-refractivity contribution >= 4 is 46.1 Å². The molecular weight excluding hydrogens is 448 g/mol. The van der Waals surface area contributed by atoms with E-state index < -0.39 is 0 Å². The number of carbonyl (C=O) groups is 1. The van der Waals surface area contributed by atoms with E-state index in [1.807, 2.05) is 59.3 Å². The summed E-state index contributed by atoms with van der Waals surface area (Å²) < 4.78 is 5.72. The fraction of sp³-hybridized carbons (Fsp3) is 0.182. The van der Waals surface area contributed by atoms with Gasteiger partial charge in [0.15, 0.2) is 0 Å². The molecule has 0 radical (unpaired) electrons. The van der Waals surface area contributed by atoms with E-state index in [1.165, 1.54) is 11.8 Å². The van der Waals surface area contributed by atoms with Gasteiger partial charge >= 0.3 is 0 Å². The number of hydrazone groups is 1. The Hall–Kier alpha value is -2.75. The molecule has 0 unspecified atom stereocenters. The Morgan fingerprint density at radius 2 is 1.90 bits per heavy atom. The van der Waals surface area contributed by atoms with Gasteiger partial charge in [-0.15, -0.1) is 32.9 Å². The highest BCUT2D eigenvalue weighted by Gasteiger charge is 2.34. The van der Waals surface area contributed by atoms with Crippen LogP contribution in [0.1, 0.15) is 33.7 Å². The number of amides is 1. The topological polar surface area (TPSA) is 71.6 Å². The van der Waals surface area contributed by atoms with Crippen LogP contribution in [0.3, 0.4) is 0 Å². The lowest BCUT2D eigenvalue weighted by molar-refractivity contribution is -0.130. The summed E-state index contributed by atoms with van der Waals surface area (Å²) in [6.07, 6.45) is 1.29. The number of benzene rings is 1. The number of nitrogens with zero attached hydrogens (tertiary/aromatic N) is 4. The Labute approximate surface area is 191 Å². The van der Waals surface area contributed by atoms with Crippen LogP contribution in [0.15, 0.2) is 80.1 Å². The summed E-state index contributed by atoms with van der Waals surface area (Å²) in [5.41, 5.74) is 2.06. The van der Waals surface area contributed by atoms with E-state index in [0.29, 0.717) is 17.5 Å². The highest BCUT2D eigenvalue weighted by atomic mass is 32.2. The van der Waals surface area contributed by atoms with Crippen molar-refractivity contribution < 1.29 is 9.21 Å². The van der Waals surface area contributed by atoms with Crippen LogP contribution >= 0.6 is 34.4 Å². The van der Waals surface area contributed by atoms with Gasteiger partial charge in [0.2, 0.25) is 5.89 Å². The molecule has 1 aliphatic rings. The first kappa shape index (κ1) is 20.2. The van der Waals surface area contributed by atoms with Crippen molar-refractivity contribution in [1.82, 2.24) is 15.2 Å². The van der Waals surface area contributed by atoms with Crippen LogP contribution in [0, 0.1) is 0 Å². The Balaban J connectivity index is 1.26. The molecule has 0 aliphatic carbocycles. The molecule has 0 saturated carbocycles. The van der Waals surface area contributed by atoms with Crippen LogP contribution < -0.4 is 0 Å². The first-order chi connectivity index (χ1) is 15.3. The number of carbonyl (C=O) groups excluding carboxylic acids is 1. The van der Waals surface area contributed by atoms with Gasteiger partial charge in [-0.25, -0.2) is 5.01 Å². The summed E-state index contributed by atoms with van der Waals surface area (Å²) in [5.74, 6) is 0.658. The molecule has 3 aromatic heterocycles. The molecule has 5 rings (SSSR count). The minimum Gasteiger partial charge on any atom is -0.416 e. The minimum absolute atomic E-state index is 0.0680. The van der Waals surface area contributed by atoms with Crippen molar-refractivity contribution in [2.45, 2.75) is 24.1 Å². The molecule has 4 aromatic rings. The standard InChI is InChI=1S/C22H18N4O2S3/c27-21(14-31-22-24-23-20(28-22)12-15-6-2-1-3-7-15)26-17(19-9-5-11-30-19)13-16(25-26)18-8-4-10-29-18/h1-11,17H,12-14H2/t17-/m0/s1.